The van der Waals surface area contributed by atoms with E-state index in [2.05, 4.69) is 32.7 Å². The van der Waals surface area contributed by atoms with Crippen LogP contribution < -0.4 is 15.4 Å². The van der Waals surface area contributed by atoms with E-state index in [9.17, 15) is 0 Å². The molecular formula is C20H32N4O2. The summed E-state index contributed by atoms with van der Waals surface area (Å²) in [6, 6.07) is 8.86. The summed E-state index contributed by atoms with van der Waals surface area (Å²) in [4.78, 5) is 6.72. The van der Waals surface area contributed by atoms with Gasteiger partial charge in [0, 0.05) is 39.3 Å². The zero-order valence-electron chi connectivity index (χ0n) is 15.9. The highest BCUT2D eigenvalue weighted by molar-refractivity contribution is 5.79. The third-order valence-corrected chi connectivity index (χ3v) is 5.06. The monoisotopic (exact) mass is 360 g/mol. The highest BCUT2D eigenvalue weighted by atomic mass is 16.5. The van der Waals surface area contributed by atoms with Crippen molar-refractivity contribution >= 4 is 5.96 Å². The van der Waals surface area contributed by atoms with Crippen molar-refractivity contribution in [3.05, 3.63) is 29.8 Å². The fraction of sp³-hybridized carbons (Fsp3) is 0.650. The highest BCUT2D eigenvalue weighted by Gasteiger charge is 2.15. The maximum absolute atomic E-state index is 5.93. The number of morpholine rings is 1. The molecule has 2 aliphatic rings. The fourth-order valence-corrected chi connectivity index (χ4v) is 3.51. The van der Waals surface area contributed by atoms with Crippen molar-refractivity contribution in [1.82, 2.24) is 15.5 Å². The molecule has 1 saturated heterocycles. The first-order valence-electron chi connectivity index (χ1n) is 9.82. The average Bonchev–Trinajstić information content (AvgIpc) is 3.19. The summed E-state index contributed by atoms with van der Waals surface area (Å²) >= 11 is 0. The van der Waals surface area contributed by atoms with Crippen LogP contribution >= 0.6 is 0 Å². The molecule has 0 amide bonds. The van der Waals surface area contributed by atoms with Gasteiger partial charge < -0.3 is 20.1 Å². The van der Waals surface area contributed by atoms with Gasteiger partial charge in [-0.15, -0.1) is 0 Å². The summed E-state index contributed by atoms with van der Waals surface area (Å²) in [6.45, 7) is 6.06. The summed E-state index contributed by atoms with van der Waals surface area (Å²) < 4.78 is 11.3. The van der Waals surface area contributed by atoms with Gasteiger partial charge in [0.1, 0.15) is 12.4 Å². The van der Waals surface area contributed by atoms with E-state index in [-0.39, 0.29) is 0 Å². The minimum absolute atomic E-state index is 0.566. The van der Waals surface area contributed by atoms with Crippen molar-refractivity contribution in [2.75, 3.05) is 46.5 Å². The van der Waals surface area contributed by atoms with Crippen LogP contribution in [0, 0.1) is 0 Å². The van der Waals surface area contributed by atoms with Gasteiger partial charge in [-0.3, -0.25) is 9.89 Å². The van der Waals surface area contributed by atoms with Crippen LogP contribution in [0.5, 0.6) is 5.75 Å². The first kappa shape index (κ1) is 19.0. The molecule has 6 heteroatoms. The molecule has 1 saturated carbocycles. The quantitative estimate of drug-likeness (QED) is 0.575. The summed E-state index contributed by atoms with van der Waals surface area (Å²) in [5.41, 5.74) is 1.20. The second-order valence-corrected chi connectivity index (χ2v) is 7.00. The van der Waals surface area contributed by atoms with Crippen molar-refractivity contribution in [3.63, 3.8) is 0 Å². The lowest BCUT2D eigenvalue weighted by Gasteiger charge is -2.26. The van der Waals surface area contributed by atoms with Gasteiger partial charge in [-0.2, -0.15) is 0 Å². The van der Waals surface area contributed by atoms with Crippen LogP contribution in [-0.4, -0.2) is 63.4 Å². The Labute approximate surface area is 157 Å². The molecule has 1 aliphatic carbocycles. The molecule has 1 aliphatic heterocycles. The van der Waals surface area contributed by atoms with Gasteiger partial charge in [-0.25, -0.2) is 0 Å². The number of guanidine groups is 1. The summed E-state index contributed by atoms with van der Waals surface area (Å²) in [5, 5.41) is 6.92. The number of hydrogen-bond acceptors (Lipinski definition) is 4. The van der Waals surface area contributed by atoms with Crippen LogP contribution in [0.25, 0.3) is 0 Å². The van der Waals surface area contributed by atoms with Gasteiger partial charge in [-0.1, -0.05) is 25.0 Å². The minimum Gasteiger partial charge on any atom is -0.492 e. The van der Waals surface area contributed by atoms with Gasteiger partial charge in [0.15, 0.2) is 5.96 Å². The van der Waals surface area contributed by atoms with E-state index in [0.717, 1.165) is 51.1 Å². The molecule has 144 valence electrons. The van der Waals surface area contributed by atoms with E-state index in [0.29, 0.717) is 12.6 Å². The molecule has 0 radical (unpaired) electrons. The second kappa shape index (κ2) is 10.4. The van der Waals surface area contributed by atoms with E-state index >= 15 is 0 Å². The average molecular weight is 361 g/mol. The molecule has 2 fully saturated rings. The number of rotatable bonds is 7. The van der Waals surface area contributed by atoms with Crippen molar-refractivity contribution in [3.8, 4) is 5.75 Å². The van der Waals surface area contributed by atoms with Crippen molar-refractivity contribution in [2.24, 2.45) is 4.99 Å². The Morgan fingerprint density at radius 1 is 1.27 bits per heavy atom. The van der Waals surface area contributed by atoms with Gasteiger partial charge in [0.2, 0.25) is 0 Å². The highest BCUT2D eigenvalue weighted by Crippen LogP contribution is 2.17. The number of hydrogen-bond donors (Lipinski definition) is 2. The van der Waals surface area contributed by atoms with Crippen LogP contribution in [0.4, 0.5) is 0 Å². The van der Waals surface area contributed by atoms with Crippen molar-refractivity contribution < 1.29 is 9.47 Å². The summed E-state index contributed by atoms with van der Waals surface area (Å²) in [7, 11) is 1.83. The summed E-state index contributed by atoms with van der Waals surface area (Å²) in [6.07, 6.45) is 5.12. The van der Waals surface area contributed by atoms with Crippen LogP contribution in [-0.2, 0) is 11.3 Å². The smallest absolute Gasteiger partial charge is 0.191 e. The SMILES string of the molecule is CN=C(NCc1cccc(OCCN2CCOCC2)c1)NC1CCCC1. The van der Waals surface area contributed by atoms with Crippen molar-refractivity contribution in [2.45, 2.75) is 38.3 Å². The molecule has 0 aromatic heterocycles. The van der Waals surface area contributed by atoms with E-state index < -0.39 is 0 Å². The fourth-order valence-electron chi connectivity index (χ4n) is 3.51. The van der Waals surface area contributed by atoms with E-state index in [1.54, 1.807) is 0 Å². The minimum atomic E-state index is 0.566. The number of aliphatic imine (C=N–C) groups is 1. The van der Waals surface area contributed by atoms with Gasteiger partial charge in [0.05, 0.1) is 13.2 Å². The molecule has 0 unspecified atom stereocenters. The molecule has 2 N–H and O–H groups in total. The Kier molecular flexibility index (Phi) is 7.58. The van der Waals surface area contributed by atoms with Crippen LogP contribution in [0.15, 0.2) is 29.3 Å². The second-order valence-electron chi connectivity index (χ2n) is 7.00. The first-order valence-corrected chi connectivity index (χ1v) is 9.82. The number of ether oxygens (including phenoxy) is 2. The molecule has 6 nitrogen and oxygen atoms in total. The largest absolute Gasteiger partial charge is 0.492 e. The summed E-state index contributed by atoms with van der Waals surface area (Å²) in [5.74, 6) is 1.81. The Balaban J connectivity index is 1.41. The number of nitrogens with zero attached hydrogens (tertiary/aromatic N) is 2. The molecule has 1 aromatic rings. The lowest BCUT2D eigenvalue weighted by Crippen LogP contribution is -2.41. The topological polar surface area (TPSA) is 58.1 Å². The lowest BCUT2D eigenvalue weighted by atomic mass is 10.2. The predicted molar refractivity (Wildman–Crippen MR) is 105 cm³/mol. The zero-order chi connectivity index (χ0) is 18.0. The molecule has 0 bridgehead atoms. The molecule has 1 heterocycles. The Morgan fingerprint density at radius 3 is 2.85 bits per heavy atom. The van der Waals surface area contributed by atoms with Gasteiger partial charge in [-0.05, 0) is 30.5 Å². The Morgan fingerprint density at radius 2 is 2.08 bits per heavy atom. The van der Waals surface area contributed by atoms with Crippen LogP contribution in [0.3, 0.4) is 0 Å². The van der Waals surface area contributed by atoms with E-state index in [1.165, 1.54) is 31.2 Å². The Bertz CT molecular complexity index is 567. The predicted octanol–water partition coefficient (Wildman–Crippen LogP) is 2.01. The molecule has 0 atom stereocenters. The number of benzene rings is 1. The maximum atomic E-state index is 5.93. The zero-order valence-corrected chi connectivity index (χ0v) is 15.9. The number of nitrogens with one attached hydrogen (secondary N) is 2. The third-order valence-electron chi connectivity index (χ3n) is 5.06. The van der Waals surface area contributed by atoms with Crippen molar-refractivity contribution in [1.29, 1.82) is 0 Å². The van der Waals surface area contributed by atoms with Gasteiger partial charge >= 0.3 is 0 Å². The molecular weight excluding hydrogens is 328 g/mol. The standard InChI is InChI=1S/C20H32N4O2/c1-21-20(23-18-6-2-3-7-18)22-16-17-5-4-8-19(15-17)26-14-11-24-9-12-25-13-10-24/h4-5,8,15,18H,2-3,6-7,9-14,16H2,1H3,(H2,21,22,23). The lowest BCUT2D eigenvalue weighted by molar-refractivity contribution is 0.0322. The molecule has 0 spiro atoms. The molecule has 1 aromatic carbocycles. The van der Waals surface area contributed by atoms with E-state index in [4.69, 9.17) is 9.47 Å². The van der Waals surface area contributed by atoms with Crippen LogP contribution in [0.1, 0.15) is 31.2 Å². The molecule has 26 heavy (non-hydrogen) atoms. The molecule has 3 rings (SSSR count). The third kappa shape index (κ3) is 6.18. The first-order chi connectivity index (χ1) is 12.8. The maximum Gasteiger partial charge on any atom is 0.191 e. The van der Waals surface area contributed by atoms with E-state index in [1.807, 2.05) is 19.2 Å². The van der Waals surface area contributed by atoms with Gasteiger partial charge in [0.25, 0.3) is 0 Å². The van der Waals surface area contributed by atoms with Crippen LogP contribution in [0.2, 0.25) is 0 Å². The Hall–Kier alpha value is -1.79. The normalized spacial score (nSPS) is 19.5.